The number of nitrogens with one attached hydrogen (secondary N) is 3. The number of halogens is 1. The Morgan fingerprint density at radius 3 is 2.56 bits per heavy atom. The van der Waals surface area contributed by atoms with Crippen LogP contribution in [0.1, 0.15) is 74.7 Å². The summed E-state index contributed by atoms with van der Waals surface area (Å²) in [4.78, 5) is 37.4. The number of aliphatic hydroxyl groups is 1. The molecule has 2 aromatic heterocycles. The summed E-state index contributed by atoms with van der Waals surface area (Å²) in [5.74, 6) is -0.418. The van der Waals surface area contributed by atoms with Gasteiger partial charge in [-0.25, -0.2) is 18.1 Å². The van der Waals surface area contributed by atoms with Crippen LogP contribution in [0.15, 0.2) is 89.6 Å². The third-order valence-electron chi connectivity index (χ3n) is 13.2. The summed E-state index contributed by atoms with van der Waals surface area (Å²) in [7, 11) is -4.66. The maximum absolute atomic E-state index is 14.1. The van der Waals surface area contributed by atoms with Gasteiger partial charge in [0.05, 0.1) is 33.7 Å². The van der Waals surface area contributed by atoms with Gasteiger partial charge in [-0.2, -0.15) is 0 Å². The number of nitro benzene ring substituents is 1. The standard InChI is InChI=1S/C47H52ClN7O8S/c1-47(2)15-13-32(39(25-47)29-3-7-33(48)8-4-29)27-53-17-19-54(20-18-53)34-9-12-38(42(22-34)63-36-21-31-14-16-49-45(31)50-26-36)46(57)52-64(60,61)37-23-41(55(58)59)44-43(24-37)62-28-40(51-44)30-5-10-35(56)11-6-30/h3-4,7-9,12,14,16,21-24,26,30,35,40,51,56H,5-6,10-11,13,15,17-20,25,27-28H2,1-2H3,(H,49,50)(H,52,57). The molecule has 1 atom stereocenters. The van der Waals surface area contributed by atoms with Crippen molar-refractivity contribution in [3.63, 3.8) is 0 Å². The van der Waals surface area contributed by atoms with Gasteiger partial charge >= 0.3 is 0 Å². The molecule has 1 saturated carbocycles. The molecule has 64 heavy (non-hydrogen) atoms. The van der Waals surface area contributed by atoms with Crippen LogP contribution in [0.2, 0.25) is 5.02 Å². The van der Waals surface area contributed by atoms with Gasteiger partial charge in [0.1, 0.15) is 23.8 Å². The summed E-state index contributed by atoms with van der Waals surface area (Å²) >= 11 is 6.25. The number of hydrogen-bond donors (Lipinski definition) is 4. The van der Waals surface area contributed by atoms with E-state index >= 15 is 0 Å². The van der Waals surface area contributed by atoms with Gasteiger partial charge in [-0.05, 0) is 104 Å². The predicted molar refractivity (Wildman–Crippen MR) is 246 cm³/mol. The number of benzene rings is 3. The molecule has 2 aliphatic heterocycles. The number of pyridine rings is 1. The van der Waals surface area contributed by atoms with E-state index in [2.05, 4.69) is 55.8 Å². The van der Waals surface area contributed by atoms with Crippen LogP contribution in [0.5, 0.6) is 17.2 Å². The molecule has 3 aromatic carbocycles. The average molecular weight is 910 g/mol. The minimum Gasteiger partial charge on any atom is -0.489 e. The lowest BCUT2D eigenvalue weighted by molar-refractivity contribution is -0.384. The van der Waals surface area contributed by atoms with Crippen LogP contribution in [-0.2, 0) is 10.0 Å². The van der Waals surface area contributed by atoms with E-state index in [1.165, 1.54) is 35.0 Å². The number of piperazine rings is 1. The third kappa shape index (κ3) is 9.41. The number of hydrogen-bond acceptors (Lipinski definition) is 12. The van der Waals surface area contributed by atoms with Gasteiger partial charge in [0.2, 0.25) is 0 Å². The number of allylic oxidation sites excluding steroid dienone is 1. The SMILES string of the molecule is CC1(C)CCC(CN2CCN(c3ccc(C(=O)NS(=O)(=O)c4cc5c(c([N+](=O)[O-])c4)NC(C4CCC(O)CC4)CO5)c(Oc4cnc5[nH]ccc5c4)c3)CC2)=C(c2ccc(Cl)cc2)C1. The molecule has 0 bridgehead atoms. The van der Waals surface area contributed by atoms with E-state index in [0.717, 1.165) is 73.9 Å². The van der Waals surface area contributed by atoms with Crippen molar-refractivity contribution in [2.24, 2.45) is 11.3 Å². The van der Waals surface area contributed by atoms with E-state index in [9.17, 15) is 28.4 Å². The molecule has 0 radical (unpaired) electrons. The van der Waals surface area contributed by atoms with Gasteiger partial charge in [-0.15, -0.1) is 0 Å². The van der Waals surface area contributed by atoms with Crippen LogP contribution < -0.4 is 24.4 Å². The van der Waals surface area contributed by atoms with E-state index in [4.69, 9.17) is 21.1 Å². The number of rotatable bonds is 11. The molecule has 1 saturated heterocycles. The molecule has 9 rings (SSSR count). The second-order valence-corrected chi connectivity index (χ2v) is 20.3. The van der Waals surface area contributed by atoms with Gasteiger partial charge in [0.15, 0.2) is 11.4 Å². The first-order chi connectivity index (χ1) is 30.7. The van der Waals surface area contributed by atoms with Crippen LogP contribution in [-0.4, -0.2) is 90.7 Å². The van der Waals surface area contributed by atoms with E-state index in [1.807, 2.05) is 18.2 Å². The number of fused-ring (bicyclic) bond motifs is 2. The molecule has 2 aliphatic carbocycles. The van der Waals surface area contributed by atoms with E-state index in [-0.39, 0.29) is 52.8 Å². The quantitative estimate of drug-likeness (QED) is 0.0731. The van der Waals surface area contributed by atoms with Crippen molar-refractivity contribution < 1.29 is 32.7 Å². The number of H-pyrrole nitrogens is 1. The minimum absolute atomic E-state index is 0.00310. The highest BCUT2D eigenvalue weighted by Crippen LogP contribution is 2.45. The highest BCUT2D eigenvalue weighted by atomic mass is 35.5. The van der Waals surface area contributed by atoms with Gasteiger partial charge in [-0.1, -0.05) is 43.2 Å². The molecule has 1 amide bonds. The van der Waals surface area contributed by atoms with Crippen LogP contribution in [0.3, 0.4) is 0 Å². The Morgan fingerprint density at radius 2 is 1.81 bits per heavy atom. The summed E-state index contributed by atoms with van der Waals surface area (Å²) in [5.41, 5.74) is 5.28. The average Bonchev–Trinajstić information content (AvgIpc) is 3.75. The lowest BCUT2D eigenvalue weighted by Gasteiger charge is -2.39. The molecule has 15 nitrogen and oxygen atoms in total. The number of carbonyl (C=O) groups is 1. The molecular formula is C47H52ClN7O8S. The van der Waals surface area contributed by atoms with Crippen molar-refractivity contribution in [3.8, 4) is 17.2 Å². The molecule has 336 valence electrons. The second kappa shape index (κ2) is 17.7. The van der Waals surface area contributed by atoms with Crippen LogP contribution in [0.4, 0.5) is 17.1 Å². The smallest absolute Gasteiger partial charge is 0.297 e. The first-order valence-electron chi connectivity index (χ1n) is 21.8. The summed E-state index contributed by atoms with van der Waals surface area (Å²) in [6, 6.07) is 18.7. The molecule has 4 aliphatic rings. The number of amides is 1. The van der Waals surface area contributed by atoms with E-state index in [1.54, 1.807) is 24.4 Å². The van der Waals surface area contributed by atoms with Crippen molar-refractivity contribution in [1.29, 1.82) is 0 Å². The predicted octanol–water partition coefficient (Wildman–Crippen LogP) is 8.55. The number of carbonyl (C=O) groups excluding carboxylic acids is 1. The zero-order chi connectivity index (χ0) is 44.8. The fourth-order valence-electron chi connectivity index (χ4n) is 9.51. The molecule has 4 heterocycles. The van der Waals surface area contributed by atoms with Gasteiger partial charge in [-0.3, -0.25) is 19.8 Å². The van der Waals surface area contributed by atoms with Crippen LogP contribution in [0.25, 0.3) is 16.6 Å². The number of ether oxygens (including phenoxy) is 2. The molecular weight excluding hydrogens is 858 g/mol. The number of aromatic nitrogens is 2. The Balaban J connectivity index is 0.943. The first kappa shape index (κ1) is 43.6. The van der Waals surface area contributed by atoms with E-state index in [0.29, 0.717) is 37.3 Å². The fraction of sp³-hybridized carbons (Fsp3) is 0.404. The van der Waals surface area contributed by atoms with Crippen molar-refractivity contribution in [3.05, 3.63) is 111 Å². The highest BCUT2D eigenvalue weighted by molar-refractivity contribution is 7.90. The number of aliphatic hydroxyl groups excluding tert-OH is 1. The maximum Gasteiger partial charge on any atom is 0.297 e. The highest BCUT2D eigenvalue weighted by Gasteiger charge is 2.36. The molecule has 2 fully saturated rings. The number of nitrogens with zero attached hydrogens (tertiary/aromatic N) is 4. The Kier molecular flexibility index (Phi) is 12.1. The zero-order valence-corrected chi connectivity index (χ0v) is 37.4. The number of aromatic amines is 1. The van der Waals surface area contributed by atoms with Crippen LogP contribution >= 0.6 is 11.6 Å². The number of anilines is 2. The Hall–Kier alpha value is -5.68. The molecule has 1 unspecified atom stereocenters. The molecule has 17 heteroatoms. The molecule has 0 spiro atoms. The van der Waals surface area contributed by atoms with Gasteiger partial charge in [0, 0.05) is 73.2 Å². The second-order valence-electron chi connectivity index (χ2n) is 18.2. The van der Waals surface area contributed by atoms with Crippen molar-refractivity contribution >= 4 is 61.2 Å². The Labute approximate surface area is 377 Å². The summed E-state index contributed by atoms with van der Waals surface area (Å²) in [6.45, 7) is 8.74. The van der Waals surface area contributed by atoms with E-state index < -0.39 is 31.4 Å². The number of nitro groups is 1. The molecule has 5 aromatic rings. The Bertz CT molecular complexity index is 2720. The van der Waals surface area contributed by atoms with Gasteiger partial charge < -0.3 is 29.8 Å². The summed E-state index contributed by atoms with van der Waals surface area (Å²) in [5, 5.41) is 27.0. The molecule has 4 N–H and O–H groups in total. The monoisotopic (exact) mass is 909 g/mol. The normalized spacial score (nSPS) is 21.4. The maximum atomic E-state index is 14.1. The van der Waals surface area contributed by atoms with Crippen molar-refractivity contribution in [1.82, 2.24) is 19.6 Å². The first-order valence-corrected chi connectivity index (χ1v) is 23.7. The largest absolute Gasteiger partial charge is 0.489 e. The van der Waals surface area contributed by atoms with Crippen LogP contribution in [0, 0.1) is 21.4 Å². The fourth-order valence-corrected chi connectivity index (χ4v) is 10.6. The summed E-state index contributed by atoms with van der Waals surface area (Å²) < 4.78 is 42.2. The lowest BCUT2D eigenvalue weighted by Crippen LogP contribution is -2.47. The zero-order valence-electron chi connectivity index (χ0n) is 35.8. The van der Waals surface area contributed by atoms with Crippen molar-refractivity contribution in [2.45, 2.75) is 75.8 Å². The minimum atomic E-state index is -4.66. The third-order valence-corrected chi connectivity index (χ3v) is 14.8. The van der Waals surface area contributed by atoms with Crippen molar-refractivity contribution in [2.75, 3.05) is 49.5 Å². The topological polar surface area (TPSA) is 192 Å². The summed E-state index contributed by atoms with van der Waals surface area (Å²) in [6.07, 6.45) is 8.81. The Morgan fingerprint density at radius 1 is 1.05 bits per heavy atom. The lowest BCUT2D eigenvalue weighted by atomic mass is 9.72. The number of sulfonamides is 1. The van der Waals surface area contributed by atoms with Gasteiger partial charge in [0.25, 0.3) is 21.6 Å².